The van der Waals surface area contributed by atoms with Crippen LogP contribution in [-0.2, 0) is 14.6 Å². The number of carbonyl (C=O) groups excluding carboxylic acids is 1. The Morgan fingerprint density at radius 3 is 2.80 bits per heavy atom. The van der Waals surface area contributed by atoms with Gasteiger partial charge in [-0.1, -0.05) is 0 Å². The summed E-state index contributed by atoms with van der Waals surface area (Å²) < 4.78 is 23.4. The lowest BCUT2D eigenvalue weighted by Gasteiger charge is -2.26. The van der Waals surface area contributed by atoms with Gasteiger partial charge in [0.1, 0.15) is 5.37 Å². The maximum Gasteiger partial charge on any atom is 0.237 e. The maximum absolute atomic E-state index is 11.7. The average molecular weight is 232 g/mol. The lowest BCUT2D eigenvalue weighted by Crippen LogP contribution is -2.44. The third-order valence-corrected chi connectivity index (χ3v) is 5.17. The monoisotopic (exact) mass is 232 g/mol. The van der Waals surface area contributed by atoms with Crippen LogP contribution in [-0.4, -0.2) is 50.0 Å². The number of rotatable bonds is 1. The van der Waals surface area contributed by atoms with Crippen molar-refractivity contribution >= 4 is 15.7 Å². The topological polar surface area (TPSA) is 66.5 Å². The highest BCUT2D eigenvalue weighted by Crippen LogP contribution is 2.24. The van der Waals surface area contributed by atoms with Crippen molar-refractivity contribution in [1.29, 1.82) is 0 Å². The molecule has 1 unspecified atom stereocenters. The van der Waals surface area contributed by atoms with Crippen LogP contribution in [0.2, 0.25) is 0 Å². The number of amides is 1. The molecule has 1 N–H and O–H groups in total. The summed E-state index contributed by atoms with van der Waals surface area (Å²) in [5.41, 5.74) is 0. The van der Waals surface area contributed by atoms with E-state index in [4.69, 9.17) is 0 Å². The second kappa shape index (κ2) is 4.09. The van der Waals surface area contributed by atoms with Gasteiger partial charge in [0, 0.05) is 6.54 Å². The van der Waals surface area contributed by atoms with Crippen LogP contribution in [0.3, 0.4) is 0 Å². The van der Waals surface area contributed by atoms with Gasteiger partial charge in [-0.2, -0.15) is 0 Å². The van der Waals surface area contributed by atoms with Crippen molar-refractivity contribution in [2.24, 2.45) is 0 Å². The minimum atomic E-state index is -3.06. The molecule has 2 aliphatic heterocycles. The highest BCUT2D eigenvalue weighted by atomic mass is 32.2. The molecule has 6 heteroatoms. The first-order valence-corrected chi connectivity index (χ1v) is 7.04. The van der Waals surface area contributed by atoms with Gasteiger partial charge in [-0.15, -0.1) is 0 Å². The third-order valence-electron chi connectivity index (χ3n) is 2.99. The number of hydrogen-bond donors (Lipinski definition) is 1. The van der Waals surface area contributed by atoms with Crippen LogP contribution < -0.4 is 5.32 Å². The third kappa shape index (κ3) is 2.15. The molecule has 0 bridgehead atoms. The van der Waals surface area contributed by atoms with Crippen molar-refractivity contribution in [2.45, 2.75) is 24.6 Å². The van der Waals surface area contributed by atoms with E-state index in [0.29, 0.717) is 19.4 Å². The van der Waals surface area contributed by atoms with Gasteiger partial charge in [-0.05, 0) is 25.8 Å². The Hall–Kier alpha value is -0.620. The number of nitrogens with zero attached hydrogens (tertiary/aromatic N) is 1. The minimum Gasteiger partial charge on any atom is -0.324 e. The van der Waals surface area contributed by atoms with Gasteiger partial charge in [0.15, 0.2) is 9.84 Å². The lowest BCUT2D eigenvalue weighted by molar-refractivity contribution is -0.130. The van der Waals surface area contributed by atoms with Gasteiger partial charge in [-0.3, -0.25) is 4.79 Å². The molecule has 2 heterocycles. The molecule has 0 spiro atoms. The first-order chi connectivity index (χ1) is 7.11. The predicted molar refractivity (Wildman–Crippen MR) is 56.0 cm³/mol. The van der Waals surface area contributed by atoms with Gasteiger partial charge in [0.05, 0.1) is 12.3 Å². The number of sulfone groups is 1. The fourth-order valence-corrected chi connectivity index (χ4v) is 4.20. The van der Waals surface area contributed by atoms with E-state index >= 15 is 0 Å². The van der Waals surface area contributed by atoms with Crippen molar-refractivity contribution in [3.05, 3.63) is 0 Å². The standard InChI is InChI=1S/C9H16N2O3S/c12-8-7-10-4-2-5-11(8)9-3-1-6-15(9,13)14/h9-10H,1-7H2. The van der Waals surface area contributed by atoms with E-state index in [9.17, 15) is 13.2 Å². The molecule has 1 amide bonds. The number of nitrogens with one attached hydrogen (secondary N) is 1. The van der Waals surface area contributed by atoms with Crippen molar-refractivity contribution in [3.8, 4) is 0 Å². The van der Waals surface area contributed by atoms with Gasteiger partial charge in [-0.25, -0.2) is 8.42 Å². The molecular formula is C9H16N2O3S. The molecule has 1 atom stereocenters. The number of carbonyl (C=O) groups is 1. The van der Waals surface area contributed by atoms with Crippen LogP contribution in [0.25, 0.3) is 0 Å². The van der Waals surface area contributed by atoms with E-state index in [1.165, 1.54) is 0 Å². The molecule has 2 saturated heterocycles. The van der Waals surface area contributed by atoms with E-state index in [0.717, 1.165) is 13.0 Å². The van der Waals surface area contributed by atoms with Gasteiger partial charge >= 0.3 is 0 Å². The van der Waals surface area contributed by atoms with Crippen molar-refractivity contribution in [1.82, 2.24) is 10.2 Å². The van der Waals surface area contributed by atoms with Crippen LogP contribution in [0, 0.1) is 0 Å². The quantitative estimate of drug-likeness (QED) is 0.652. The molecule has 2 fully saturated rings. The second-order valence-electron chi connectivity index (χ2n) is 4.08. The zero-order valence-electron chi connectivity index (χ0n) is 8.61. The van der Waals surface area contributed by atoms with Crippen LogP contribution in [0.15, 0.2) is 0 Å². The largest absolute Gasteiger partial charge is 0.324 e. The van der Waals surface area contributed by atoms with Crippen LogP contribution >= 0.6 is 0 Å². The molecule has 2 aliphatic rings. The van der Waals surface area contributed by atoms with E-state index in [1.807, 2.05) is 0 Å². The SMILES string of the molecule is O=C1CNCCCN1C1CCCS1(=O)=O. The zero-order valence-corrected chi connectivity index (χ0v) is 9.42. The Labute approximate surface area is 89.7 Å². The molecule has 0 aromatic carbocycles. The van der Waals surface area contributed by atoms with Crippen LogP contribution in [0.1, 0.15) is 19.3 Å². The summed E-state index contributed by atoms with van der Waals surface area (Å²) in [5.74, 6) is 0.150. The fraction of sp³-hybridized carbons (Fsp3) is 0.889. The molecular weight excluding hydrogens is 216 g/mol. The van der Waals surface area contributed by atoms with E-state index in [-0.39, 0.29) is 18.2 Å². The molecule has 5 nitrogen and oxygen atoms in total. The van der Waals surface area contributed by atoms with E-state index < -0.39 is 15.2 Å². The van der Waals surface area contributed by atoms with E-state index in [1.54, 1.807) is 4.90 Å². The predicted octanol–water partition coefficient (Wildman–Crippen LogP) is -0.657. The first-order valence-electron chi connectivity index (χ1n) is 5.33. The second-order valence-corrected chi connectivity index (χ2v) is 6.36. The molecule has 0 aromatic heterocycles. The summed E-state index contributed by atoms with van der Waals surface area (Å²) in [6, 6.07) is 0. The molecule has 0 aliphatic carbocycles. The van der Waals surface area contributed by atoms with Crippen molar-refractivity contribution < 1.29 is 13.2 Å². The summed E-state index contributed by atoms with van der Waals surface area (Å²) in [7, 11) is -3.06. The number of hydrogen-bond acceptors (Lipinski definition) is 4. The van der Waals surface area contributed by atoms with E-state index in [2.05, 4.69) is 5.32 Å². The Kier molecular flexibility index (Phi) is 2.97. The smallest absolute Gasteiger partial charge is 0.237 e. The summed E-state index contributed by atoms with van der Waals surface area (Å²) in [4.78, 5) is 13.2. The average Bonchev–Trinajstić information content (AvgIpc) is 2.39. The summed E-state index contributed by atoms with van der Waals surface area (Å²) in [5, 5.41) is 2.44. The van der Waals surface area contributed by atoms with Gasteiger partial charge < -0.3 is 10.2 Å². The fourth-order valence-electron chi connectivity index (χ4n) is 2.22. The Balaban J connectivity index is 2.17. The highest BCUT2D eigenvalue weighted by molar-refractivity contribution is 7.92. The Bertz CT molecular complexity index is 352. The van der Waals surface area contributed by atoms with Gasteiger partial charge in [0.2, 0.25) is 5.91 Å². The minimum absolute atomic E-state index is 0.0806. The van der Waals surface area contributed by atoms with Crippen molar-refractivity contribution in [3.63, 3.8) is 0 Å². The molecule has 0 aromatic rings. The summed E-state index contributed by atoms with van der Waals surface area (Å²) in [6.07, 6.45) is 2.12. The molecule has 2 rings (SSSR count). The Morgan fingerprint density at radius 1 is 1.33 bits per heavy atom. The summed E-state index contributed by atoms with van der Waals surface area (Å²) >= 11 is 0. The first kappa shape index (κ1) is 10.9. The zero-order chi connectivity index (χ0) is 10.9. The Morgan fingerprint density at radius 2 is 2.13 bits per heavy atom. The van der Waals surface area contributed by atoms with Crippen molar-refractivity contribution in [2.75, 3.05) is 25.4 Å². The van der Waals surface area contributed by atoms with Gasteiger partial charge in [0.25, 0.3) is 0 Å². The van der Waals surface area contributed by atoms with Crippen LogP contribution in [0.5, 0.6) is 0 Å². The maximum atomic E-state index is 11.7. The normalized spacial score (nSPS) is 31.6. The summed E-state index contributed by atoms with van der Waals surface area (Å²) in [6.45, 7) is 1.62. The molecule has 0 saturated carbocycles. The molecule has 86 valence electrons. The molecule has 0 radical (unpaired) electrons. The highest BCUT2D eigenvalue weighted by Gasteiger charge is 2.38. The lowest BCUT2D eigenvalue weighted by atomic mass is 10.3. The van der Waals surface area contributed by atoms with Crippen LogP contribution in [0.4, 0.5) is 0 Å². The molecule has 15 heavy (non-hydrogen) atoms.